The van der Waals surface area contributed by atoms with Crippen LogP contribution >= 0.6 is 0 Å². The number of nitrogens with two attached hydrogens (primary N) is 1. The van der Waals surface area contributed by atoms with E-state index in [-0.39, 0.29) is 12.4 Å². The molecule has 0 aliphatic rings. The van der Waals surface area contributed by atoms with Crippen molar-refractivity contribution in [3.63, 3.8) is 0 Å². The molecular weight excluding hydrogens is 223 g/mol. The van der Waals surface area contributed by atoms with Crippen molar-refractivity contribution in [2.75, 3.05) is 5.43 Å². The molecule has 0 radical (unpaired) electrons. The number of hydrogen-bond acceptors (Lipinski definition) is 5. The van der Waals surface area contributed by atoms with Gasteiger partial charge in [-0.25, -0.2) is 20.2 Å². The van der Waals surface area contributed by atoms with Gasteiger partial charge in [0.2, 0.25) is 5.88 Å². The third kappa shape index (κ3) is 2.88. The maximum atomic E-state index is 13.3. The van der Waals surface area contributed by atoms with Crippen LogP contribution in [0.25, 0.3) is 0 Å². The first-order valence-corrected chi connectivity index (χ1v) is 4.94. The zero-order valence-electron chi connectivity index (χ0n) is 8.93. The molecular formula is C11H11FN4O. The normalized spacial score (nSPS) is 10.0. The van der Waals surface area contributed by atoms with E-state index in [9.17, 15) is 4.39 Å². The fourth-order valence-corrected chi connectivity index (χ4v) is 1.26. The number of anilines is 1. The van der Waals surface area contributed by atoms with Crippen LogP contribution in [0.1, 0.15) is 5.56 Å². The first kappa shape index (κ1) is 11.3. The molecule has 0 saturated carbocycles. The number of halogens is 1. The average molecular weight is 234 g/mol. The molecule has 6 heteroatoms. The third-order valence-corrected chi connectivity index (χ3v) is 2.12. The Labute approximate surface area is 97.4 Å². The molecule has 1 heterocycles. The molecule has 0 fully saturated rings. The maximum absolute atomic E-state index is 13.3. The van der Waals surface area contributed by atoms with Crippen LogP contribution in [0.5, 0.6) is 5.88 Å². The van der Waals surface area contributed by atoms with Crippen molar-refractivity contribution < 1.29 is 9.13 Å². The number of nitrogens with one attached hydrogen (secondary N) is 1. The summed E-state index contributed by atoms with van der Waals surface area (Å²) in [5, 5.41) is 0. The lowest BCUT2D eigenvalue weighted by atomic mass is 10.2. The molecule has 17 heavy (non-hydrogen) atoms. The van der Waals surface area contributed by atoms with Gasteiger partial charge in [0.15, 0.2) is 0 Å². The average Bonchev–Trinajstić information content (AvgIpc) is 2.38. The van der Waals surface area contributed by atoms with E-state index in [0.29, 0.717) is 17.3 Å². The summed E-state index contributed by atoms with van der Waals surface area (Å²) in [6, 6.07) is 7.93. The fraction of sp³-hybridized carbons (Fsp3) is 0.0909. The highest BCUT2D eigenvalue weighted by atomic mass is 19.1. The zero-order valence-corrected chi connectivity index (χ0v) is 8.93. The number of aromatic nitrogens is 2. The van der Waals surface area contributed by atoms with Crippen LogP contribution in [-0.4, -0.2) is 9.97 Å². The predicted octanol–water partition coefficient (Wildman–Crippen LogP) is 1.48. The minimum atomic E-state index is -0.307. The molecule has 0 aliphatic heterocycles. The van der Waals surface area contributed by atoms with Gasteiger partial charge in [0.1, 0.15) is 24.6 Å². The SMILES string of the molecule is NNc1cc(OCc2ccccc2F)ncn1. The first-order chi connectivity index (χ1) is 8.29. The fourth-order valence-electron chi connectivity index (χ4n) is 1.26. The summed E-state index contributed by atoms with van der Waals surface area (Å²) in [7, 11) is 0. The summed E-state index contributed by atoms with van der Waals surface area (Å²) >= 11 is 0. The Morgan fingerprint density at radius 3 is 2.88 bits per heavy atom. The van der Waals surface area contributed by atoms with Crippen molar-refractivity contribution in [3.8, 4) is 5.88 Å². The number of rotatable bonds is 4. The smallest absolute Gasteiger partial charge is 0.218 e. The van der Waals surface area contributed by atoms with Crippen molar-refractivity contribution in [2.45, 2.75) is 6.61 Å². The van der Waals surface area contributed by atoms with Gasteiger partial charge in [0.25, 0.3) is 0 Å². The number of hydrogen-bond donors (Lipinski definition) is 2. The highest BCUT2D eigenvalue weighted by molar-refractivity contribution is 5.35. The predicted molar refractivity (Wildman–Crippen MR) is 60.6 cm³/mol. The Morgan fingerprint density at radius 1 is 1.29 bits per heavy atom. The van der Waals surface area contributed by atoms with Crippen molar-refractivity contribution in [3.05, 3.63) is 48.0 Å². The Morgan fingerprint density at radius 2 is 2.12 bits per heavy atom. The lowest BCUT2D eigenvalue weighted by molar-refractivity contribution is 0.287. The van der Waals surface area contributed by atoms with E-state index >= 15 is 0 Å². The highest BCUT2D eigenvalue weighted by Gasteiger charge is 2.03. The summed E-state index contributed by atoms with van der Waals surface area (Å²) < 4.78 is 18.6. The topological polar surface area (TPSA) is 73.1 Å². The summed E-state index contributed by atoms with van der Waals surface area (Å²) in [5.41, 5.74) is 2.84. The molecule has 2 rings (SSSR count). The number of nitrogen functional groups attached to an aromatic ring is 1. The maximum Gasteiger partial charge on any atom is 0.218 e. The van der Waals surface area contributed by atoms with Crippen LogP contribution in [0.15, 0.2) is 36.7 Å². The Bertz CT molecular complexity index is 506. The second-order valence-corrected chi connectivity index (χ2v) is 3.27. The minimum absolute atomic E-state index is 0.105. The molecule has 1 aromatic carbocycles. The molecule has 0 bridgehead atoms. The molecule has 1 aromatic heterocycles. The molecule has 0 saturated heterocycles. The Balaban J connectivity index is 2.05. The Kier molecular flexibility index (Phi) is 3.46. The van der Waals surface area contributed by atoms with E-state index in [1.807, 2.05) is 0 Å². The van der Waals surface area contributed by atoms with Gasteiger partial charge in [-0.2, -0.15) is 0 Å². The second kappa shape index (κ2) is 5.22. The van der Waals surface area contributed by atoms with Gasteiger partial charge in [-0.05, 0) is 6.07 Å². The minimum Gasteiger partial charge on any atom is -0.473 e. The molecule has 0 spiro atoms. The van der Waals surface area contributed by atoms with Gasteiger partial charge in [0, 0.05) is 11.6 Å². The van der Waals surface area contributed by atoms with E-state index in [1.54, 1.807) is 18.2 Å². The summed E-state index contributed by atoms with van der Waals surface area (Å²) in [4.78, 5) is 7.71. The second-order valence-electron chi connectivity index (χ2n) is 3.27. The van der Waals surface area contributed by atoms with Gasteiger partial charge in [-0.3, -0.25) is 0 Å². The van der Waals surface area contributed by atoms with Crippen molar-refractivity contribution in [2.24, 2.45) is 5.84 Å². The lowest BCUT2D eigenvalue weighted by Gasteiger charge is -2.06. The van der Waals surface area contributed by atoms with Gasteiger partial charge < -0.3 is 10.2 Å². The number of hydrazine groups is 1. The lowest BCUT2D eigenvalue weighted by Crippen LogP contribution is -2.09. The van der Waals surface area contributed by atoms with Crippen molar-refractivity contribution in [1.29, 1.82) is 0 Å². The number of ether oxygens (including phenoxy) is 1. The van der Waals surface area contributed by atoms with E-state index in [1.165, 1.54) is 18.5 Å². The van der Waals surface area contributed by atoms with Crippen LogP contribution in [0.4, 0.5) is 10.2 Å². The van der Waals surface area contributed by atoms with Crippen molar-refractivity contribution >= 4 is 5.82 Å². The molecule has 0 unspecified atom stereocenters. The van der Waals surface area contributed by atoms with Crippen LogP contribution in [0.3, 0.4) is 0 Å². The third-order valence-electron chi connectivity index (χ3n) is 2.12. The standard InChI is InChI=1S/C11H11FN4O/c12-9-4-2-1-3-8(9)6-17-11-5-10(16-13)14-7-15-11/h1-5,7H,6,13H2,(H,14,15,16). The molecule has 3 N–H and O–H groups in total. The first-order valence-electron chi connectivity index (χ1n) is 4.94. The number of benzene rings is 1. The van der Waals surface area contributed by atoms with E-state index in [0.717, 1.165) is 0 Å². The molecule has 0 amide bonds. The largest absolute Gasteiger partial charge is 0.473 e. The summed E-state index contributed by atoms with van der Waals surface area (Å²) in [6.07, 6.45) is 1.31. The van der Waals surface area contributed by atoms with Gasteiger partial charge in [-0.1, -0.05) is 18.2 Å². The molecule has 5 nitrogen and oxygen atoms in total. The van der Waals surface area contributed by atoms with E-state index in [2.05, 4.69) is 15.4 Å². The monoisotopic (exact) mass is 234 g/mol. The van der Waals surface area contributed by atoms with Crippen LogP contribution in [-0.2, 0) is 6.61 Å². The van der Waals surface area contributed by atoms with Gasteiger partial charge in [-0.15, -0.1) is 0 Å². The molecule has 0 aliphatic carbocycles. The molecule has 88 valence electrons. The van der Waals surface area contributed by atoms with E-state index in [4.69, 9.17) is 10.6 Å². The zero-order chi connectivity index (χ0) is 12.1. The van der Waals surface area contributed by atoms with Crippen LogP contribution in [0, 0.1) is 5.82 Å². The number of nitrogens with zero attached hydrogens (tertiary/aromatic N) is 2. The van der Waals surface area contributed by atoms with Crippen molar-refractivity contribution in [1.82, 2.24) is 9.97 Å². The Hall–Kier alpha value is -2.21. The van der Waals surface area contributed by atoms with E-state index < -0.39 is 0 Å². The van der Waals surface area contributed by atoms with Gasteiger partial charge >= 0.3 is 0 Å². The highest BCUT2D eigenvalue weighted by Crippen LogP contribution is 2.13. The molecule has 2 aromatic rings. The van der Waals surface area contributed by atoms with Gasteiger partial charge in [0.05, 0.1) is 0 Å². The van der Waals surface area contributed by atoms with Crippen LogP contribution in [0.2, 0.25) is 0 Å². The molecule has 0 atom stereocenters. The summed E-state index contributed by atoms with van der Waals surface area (Å²) in [6.45, 7) is 0.105. The van der Waals surface area contributed by atoms with Crippen LogP contribution < -0.4 is 16.0 Å². The summed E-state index contributed by atoms with van der Waals surface area (Å²) in [5.74, 6) is 5.65. The quantitative estimate of drug-likeness (QED) is 0.619.